The number of aliphatic imine (C=N–C) groups is 1. The predicted octanol–water partition coefficient (Wildman–Crippen LogP) is 1.17. The van der Waals surface area contributed by atoms with Gasteiger partial charge in [0.25, 0.3) is 0 Å². The van der Waals surface area contributed by atoms with E-state index in [9.17, 15) is 4.79 Å². The number of carbonyl (C=O) groups is 1. The van der Waals surface area contributed by atoms with Crippen LogP contribution in [0.25, 0.3) is 0 Å². The number of hydrogen-bond acceptors (Lipinski definition) is 5. The lowest BCUT2D eigenvalue weighted by molar-refractivity contribution is -0.135. The quantitative estimate of drug-likeness (QED) is 0.341. The van der Waals surface area contributed by atoms with Crippen molar-refractivity contribution in [3.8, 4) is 0 Å². The van der Waals surface area contributed by atoms with Crippen molar-refractivity contribution in [1.82, 2.24) is 20.0 Å². The standard InChI is InChI=1S/C22H41N5O3/c1-3-23-22(24-9-7-16-29-18-20-8-6-17-30-20)27-14-12-25(13-15-27)19(2)21(28)26-10-4-5-11-26/h19-20H,3-18H2,1-2H3,(H,23,24). The van der Waals surface area contributed by atoms with Crippen molar-refractivity contribution in [1.29, 1.82) is 0 Å². The van der Waals surface area contributed by atoms with E-state index in [1.165, 1.54) is 0 Å². The molecule has 8 nitrogen and oxygen atoms in total. The SMILES string of the molecule is CCNC(=NCCCOCC1CCCO1)N1CCN(C(C)C(=O)N2CCCC2)CC1. The highest BCUT2D eigenvalue weighted by Gasteiger charge is 2.30. The monoisotopic (exact) mass is 423 g/mol. The average Bonchev–Trinajstić information content (AvgIpc) is 3.49. The Balaban J connectivity index is 1.37. The Bertz CT molecular complexity index is 539. The van der Waals surface area contributed by atoms with E-state index in [1.54, 1.807) is 0 Å². The van der Waals surface area contributed by atoms with Gasteiger partial charge in [-0.15, -0.1) is 0 Å². The summed E-state index contributed by atoms with van der Waals surface area (Å²) in [6, 6.07) is -0.0224. The molecule has 3 rings (SSSR count). The molecule has 0 aromatic rings. The molecule has 8 heteroatoms. The number of piperazine rings is 1. The van der Waals surface area contributed by atoms with Gasteiger partial charge in [-0.2, -0.15) is 0 Å². The van der Waals surface area contributed by atoms with Gasteiger partial charge in [-0.3, -0.25) is 14.7 Å². The molecule has 0 radical (unpaired) electrons. The summed E-state index contributed by atoms with van der Waals surface area (Å²) in [5, 5.41) is 3.42. The van der Waals surface area contributed by atoms with E-state index in [2.05, 4.69) is 29.0 Å². The zero-order valence-electron chi connectivity index (χ0n) is 19.0. The molecule has 30 heavy (non-hydrogen) atoms. The lowest BCUT2D eigenvalue weighted by atomic mass is 10.2. The lowest BCUT2D eigenvalue weighted by Gasteiger charge is -2.39. The van der Waals surface area contributed by atoms with Gasteiger partial charge in [0.05, 0.1) is 18.8 Å². The summed E-state index contributed by atoms with van der Waals surface area (Å²) >= 11 is 0. The second-order valence-electron chi connectivity index (χ2n) is 8.53. The van der Waals surface area contributed by atoms with Crippen LogP contribution in [0.2, 0.25) is 0 Å². The van der Waals surface area contributed by atoms with Gasteiger partial charge in [0.15, 0.2) is 5.96 Å². The van der Waals surface area contributed by atoms with Crippen LogP contribution in [0.1, 0.15) is 46.0 Å². The molecule has 0 bridgehead atoms. The molecule has 1 N–H and O–H groups in total. The first-order valence-electron chi connectivity index (χ1n) is 11.9. The van der Waals surface area contributed by atoms with Crippen LogP contribution >= 0.6 is 0 Å². The van der Waals surface area contributed by atoms with Gasteiger partial charge >= 0.3 is 0 Å². The van der Waals surface area contributed by atoms with Crippen LogP contribution in [0, 0.1) is 0 Å². The van der Waals surface area contributed by atoms with Gasteiger partial charge in [0.1, 0.15) is 0 Å². The predicted molar refractivity (Wildman–Crippen MR) is 119 cm³/mol. The van der Waals surface area contributed by atoms with Gasteiger partial charge in [0, 0.05) is 65.6 Å². The lowest BCUT2D eigenvalue weighted by Crippen LogP contribution is -2.57. The highest BCUT2D eigenvalue weighted by atomic mass is 16.5. The highest BCUT2D eigenvalue weighted by molar-refractivity contribution is 5.82. The first-order chi connectivity index (χ1) is 14.7. The minimum atomic E-state index is -0.0224. The fourth-order valence-corrected chi connectivity index (χ4v) is 4.45. The number of nitrogens with zero attached hydrogens (tertiary/aromatic N) is 4. The molecular formula is C22H41N5O3. The maximum atomic E-state index is 12.7. The van der Waals surface area contributed by atoms with E-state index in [1.807, 2.05) is 4.90 Å². The van der Waals surface area contributed by atoms with Crippen LogP contribution < -0.4 is 5.32 Å². The number of rotatable bonds is 9. The van der Waals surface area contributed by atoms with Gasteiger partial charge in [-0.1, -0.05) is 0 Å². The fraction of sp³-hybridized carbons (Fsp3) is 0.909. The molecule has 3 aliphatic rings. The summed E-state index contributed by atoms with van der Waals surface area (Å²) in [5.41, 5.74) is 0. The number of carbonyl (C=O) groups excluding carboxylic acids is 1. The molecule has 2 atom stereocenters. The average molecular weight is 424 g/mol. The number of nitrogens with one attached hydrogen (secondary N) is 1. The summed E-state index contributed by atoms with van der Waals surface area (Å²) in [4.78, 5) is 24.2. The van der Waals surface area contributed by atoms with Gasteiger partial charge < -0.3 is 24.6 Å². The van der Waals surface area contributed by atoms with E-state index in [4.69, 9.17) is 14.5 Å². The topological polar surface area (TPSA) is 69.6 Å². The summed E-state index contributed by atoms with van der Waals surface area (Å²) < 4.78 is 11.3. The number of guanidine groups is 1. The summed E-state index contributed by atoms with van der Waals surface area (Å²) in [6.07, 6.45) is 5.78. The van der Waals surface area contributed by atoms with Crippen LogP contribution in [-0.2, 0) is 14.3 Å². The molecule has 1 amide bonds. The number of hydrogen-bond donors (Lipinski definition) is 1. The van der Waals surface area contributed by atoms with Crippen LogP contribution in [0.3, 0.4) is 0 Å². The third kappa shape index (κ3) is 6.82. The molecule has 0 saturated carbocycles. The van der Waals surface area contributed by atoms with Crippen LogP contribution in [0.15, 0.2) is 4.99 Å². The number of amides is 1. The fourth-order valence-electron chi connectivity index (χ4n) is 4.45. The zero-order chi connectivity index (χ0) is 21.2. The van der Waals surface area contributed by atoms with Gasteiger partial charge in [-0.25, -0.2) is 0 Å². The normalized spacial score (nSPS) is 24.5. The summed E-state index contributed by atoms with van der Waals surface area (Å²) in [6.45, 7) is 13.6. The number of likely N-dealkylation sites (tertiary alicyclic amines) is 1. The number of ether oxygens (including phenoxy) is 2. The largest absolute Gasteiger partial charge is 0.379 e. The minimum Gasteiger partial charge on any atom is -0.379 e. The Morgan fingerprint density at radius 3 is 2.57 bits per heavy atom. The zero-order valence-corrected chi connectivity index (χ0v) is 19.0. The molecular weight excluding hydrogens is 382 g/mol. The van der Waals surface area contributed by atoms with Crippen LogP contribution in [-0.4, -0.2) is 111 Å². The maximum Gasteiger partial charge on any atom is 0.239 e. The molecule has 0 aromatic heterocycles. The molecule has 3 fully saturated rings. The molecule has 0 aliphatic carbocycles. The molecule has 3 saturated heterocycles. The van der Waals surface area contributed by atoms with Crippen LogP contribution in [0.5, 0.6) is 0 Å². The third-order valence-corrected chi connectivity index (χ3v) is 6.31. The third-order valence-electron chi connectivity index (χ3n) is 6.31. The Hall–Kier alpha value is -1.38. The molecule has 0 spiro atoms. The van der Waals surface area contributed by atoms with E-state index in [0.29, 0.717) is 18.6 Å². The molecule has 0 aromatic carbocycles. The van der Waals surface area contributed by atoms with Crippen molar-refractivity contribution >= 4 is 11.9 Å². The van der Waals surface area contributed by atoms with Crippen molar-refractivity contribution in [3.63, 3.8) is 0 Å². The van der Waals surface area contributed by atoms with Crippen LogP contribution in [0.4, 0.5) is 0 Å². The highest BCUT2D eigenvalue weighted by Crippen LogP contribution is 2.14. The van der Waals surface area contributed by atoms with Crippen molar-refractivity contribution < 1.29 is 14.3 Å². The smallest absolute Gasteiger partial charge is 0.239 e. The second-order valence-corrected chi connectivity index (χ2v) is 8.53. The van der Waals surface area contributed by atoms with Crippen molar-refractivity contribution in [2.45, 2.75) is 58.1 Å². The summed E-state index contributed by atoms with van der Waals surface area (Å²) in [7, 11) is 0. The van der Waals surface area contributed by atoms with Crippen molar-refractivity contribution in [2.75, 3.05) is 72.2 Å². The molecule has 172 valence electrons. The molecule has 2 unspecified atom stereocenters. The first kappa shape index (κ1) is 23.3. The van der Waals surface area contributed by atoms with Gasteiger partial charge in [0.2, 0.25) is 5.91 Å². The minimum absolute atomic E-state index is 0.0224. The van der Waals surface area contributed by atoms with E-state index < -0.39 is 0 Å². The van der Waals surface area contributed by atoms with Crippen molar-refractivity contribution in [2.24, 2.45) is 4.99 Å². The first-order valence-corrected chi connectivity index (χ1v) is 11.9. The Labute approximate surface area is 181 Å². The van der Waals surface area contributed by atoms with E-state index in [-0.39, 0.29) is 6.04 Å². The van der Waals surface area contributed by atoms with E-state index >= 15 is 0 Å². The summed E-state index contributed by atoms with van der Waals surface area (Å²) in [5.74, 6) is 1.28. The molecule has 3 aliphatic heterocycles. The second kappa shape index (κ2) is 12.5. The van der Waals surface area contributed by atoms with Crippen molar-refractivity contribution in [3.05, 3.63) is 0 Å². The Morgan fingerprint density at radius 2 is 1.90 bits per heavy atom. The maximum absolute atomic E-state index is 12.7. The van der Waals surface area contributed by atoms with E-state index in [0.717, 1.165) is 104 Å². The Morgan fingerprint density at radius 1 is 1.13 bits per heavy atom. The molecule has 3 heterocycles. The van der Waals surface area contributed by atoms with Gasteiger partial charge in [-0.05, 0) is 46.0 Å². The Kier molecular flexibility index (Phi) is 9.68.